The van der Waals surface area contributed by atoms with Crippen LogP contribution in [-0.2, 0) is 4.79 Å². The highest BCUT2D eigenvalue weighted by molar-refractivity contribution is 6.30. The molecule has 0 radical (unpaired) electrons. The monoisotopic (exact) mass is 385 g/mol. The van der Waals surface area contributed by atoms with Crippen LogP contribution in [-0.4, -0.2) is 36.5 Å². The van der Waals surface area contributed by atoms with Crippen molar-refractivity contribution < 1.29 is 4.79 Å². The maximum atomic E-state index is 12.8. The summed E-state index contributed by atoms with van der Waals surface area (Å²) in [6.45, 7) is 6.39. The number of piperidine rings is 1. The Bertz CT molecular complexity index is 778. The highest BCUT2D eigenvalue weighted by atomic mass is 35.5. The summed E-state index contributed by atoms with van der Waals surface area (Å²) in [7, 11) is 0. The van der Waals surface area contributed by atoms with Crippen molar-refractivity contribution in [3.63, 3.8) is 0 Å². The molecule has 0 saturated carbocycles. The molecule has 1 heterocycles. The number of carbonyl (C=O) groups excluding carboxylic acids is 1. The highest BCUT2D eigenvalue weighted by Gasteiger charge is 2.34. The summed E-state index contributed by atoms with van der Waals surface area (Å²) in [5, 5.41) is 3.85. The molecule has 1 fully saturated rings. The van der Waals surface area contributed by atoms with Crippen molar-refractivity contribution in [3.05, 3.63) is 70.7 Å². The normalized spacial score (nSPS) is 20.8. The lowest BCUT2D eigenvalue weighted by Crippen LogP contribution is -2.54. The molecule has 1 aliphatic heterocycles. The van der Waals surface area contributed by atoms with E-state index in [1.807, 2.05) is 54.6 Å². The van der Waals surface area contributed by atoms with E-state index in [1.165, 1.54) is 0 Å². The minimum atomic E-state index is -0.225. The summed E-state index contributed by atoms with van der Waals surface area (Å²) in [5.41, 5.74) is 8.24. The molecule has 144 valence electrons. The molecule has 2 aromatic carbocycles. The molecular weight excluding hydrogens is 358 g/mol. The van der Waals surface area contributed by atoms with Gasteiger partial charge >= 0.3 is 0 Å². The molecule has 27 heavy (non-hydrogen) atoms. The minimum absolute atomic E-state index is 0.00935. The van der Waals surface area contributed by atoms with Crippen molar-refractivity contribution in [1.29, 1.82) is 0 Å². The Morgan fingerprint density at radius 1 is 1.22 bits per heavy atom. The molecule has 3 N–H and O–H groups in total. The van der Waals surface area contributed by atoms with E-state index in [0.717, 1.165) is 30.6 Å². The first kappa shape index (κ1) is 19.9. The van der Waals surface area contributed by atoms with Crippen LogP contribution in [0, 0.1) is 5.41 Å². The maximum Gasteiger partial charge on any atom is 0.234 e. The fourth-order valence-corrected chi connectivity index (χ4v) is 3.92. The van der Waals surface area contributed by atoms with Gasteiger partial charge in [-0.2, -0.15) is 0 Å². The van der Waals surface area contributed by atoms with Crippen molar-refractivity contribution >= 4 is 17.5 Å². The van der Waals surface area contributed by atoms with E-state index in [2.05, 4.69) is 24.1 Å². The van der Waals surface area contributed by atoms with Crippen LogP contribution in [0.25, 0.3) is 0 Å². The third kappa shape index (κ3) is 5.10. The van der Waals surface area contributed by atoms with Gasteiger partial charge < -0.3 is 11.1 Å². The predicted octanol–water partition coefficient (Wildman–Crippen LogP) is 3.60. The van der Waals surface area contributed by atoms with Gasteiger partial charge in [0.1, 0.15) is 0 Å². The van der Waals surface area contributed by atoms with Gasteiger partial charge in [0.2, 0.25) is 5.91 Å². The highest BCUT2D eigenvalue weighted by Crippen LogP contribution is 2.28. The van der Waals surface area contributed by atoms with Crippen molar-refractivity contribution in [3.8, 4) is 0 Å². The molecule has 1 amide bonds. The zero-order valence-electron chi connectivity index (χ0n) is 16.0. The summed E-state index contributed by atoms with van der Waals surface area (Å²) < 4.78 is 0. The molecule has 3 rings (SSSR count). The third-order valence-corrected chi connectivity index (χ3v) is 5.61. The van der Waals surface area contributed by atoms with Gasteiger partial charge in [-0.05, 0) is 35.1 Å². The summed E-state index contributed by atoms with van der Waals surface area (Å²) in [6, 6.07) is 17.6. The van der Waals surface area contributed by atoms with Gasteiger partial charge in [-0.3, -0.25) is 9.69 Å². The maximum absolute atomic E-state index is 12.8. The van der Waals surface area contributed by atoms with Crippen molar-refractivity contribution in [2.45, 2.75) is 32.4 Å². The number of hydrogen-bond donors (Lipinski definition) is 2. The smallest absolute Gasteiger partial charge is 0.234 e. The molecule has 1 aliphatic rings. The first-order valence-corrected chi connectivity index (χ1v) is 9.81. The predicted molar refractivity (Wildman–Crippen MR) is 111 cm³/mol. The Labute approximate surface area is 166 Å². The largest absolute Gasteiger partial charge is 0.344 e. The lowest BCUT2D eigenvalue weighted by molar-refractivity contribution is -0.123. The number of benzene rings is 2. The number of likely N-dealkylation sites (tertiary alicyclic amines) is 1. The van der Waals surface area contributed by atoms with E-state index in [9.17, 15) is 4.79 Å². The molecule has 0 spiro atoms. The van der Waals surface area contributed by atoms with Gasteiger partial charge in [0, 0.05) is 24.2 Å². The number of rotatable bonds is 5. The van der Waals surface area contributed by atoms with E-state index in [4.69, 9.17) is 17.3 Å². The van der Waals surface area contributed by atoms with Crippen LogP contribution in [0.3, 0.4) is 0 Å². The number of amides is 1. The number of nitrogens with two attached hydrogens (primary N) is 1. The molecule has 1 saturated heterocycles. The molecule has 0 aliphatic carbocycles. The Hall–Kier alpha value is -1.88. The second-order valence-electron chi connectivity index (χ2n) is 8.06. The lowest BCUT2D eigenvalue weighted by Gasteiger charge is -2.42. The first-order valence-electron chi connectivity index (χ1n) is 9.43. The number of halogens is 1. The van der Waals surface area contributed by atoms with Crippen LogP contribution in [0.15, 0.2) is 54.6 Å². The summed E-state index contributed by atoms with van der Waals surface area (Å²) in [6.07, 6.45) is 0.913. The molecule has 4 nitrogen and oxygen atoms in total. The summed E-state index contributed by atoms with van der Waals surface area (Å²) in [5.74, 6) is 0.00935. The summed E-state index contributed by atoms with van der Waals surface area (Å²) >= 11 is 6.18. The summed E-state index contributed by atoms with van der Waals surface area (Å²) in [4.78, 5) is 15.0. The lowest BCUT2D eigenvalue weighted by atomic mass is 9.80. The molecule has 2 atom stereocenters. The second kappa shape index (κ2) is 8.42. The van der Waals surface area contributed by atoms with Crippen LogP contribution >= 0.6 is 11.6 Å². The van der Waals surface area contributed by atoms with Gasteiger partial charge in [-0.25, -0.2) is 0 Å². The number of nitrogens with one attached hydrogen (secondary N) is 1. The van der Waals surface area contributed by atoms with Gasteiger partial charge in [-0.15, -0.1) is 0 Å². The zero-order valence-corrected chi connectivity index (χ0v) is 16.7. The quantitative estimate of drug-likeness (QED) is 0.826. The van der Waals surface area contributed by atoms with E-state index in [-0.39, 0.29) is 23.4 Å². The van der Waals surface area contributed by atoms with Gasteiger partial charge in [-0.1, -0.05) is 67.9 Å². The van der Waals surface area contributed by atoms with Crippen LogP contribution in [0.5, 0.6) is 0 Å². The molecule has 2 unspecified atom stereocenters. The average molecular weight is 386 g/mol. The van der Waals surface area contributed by atoms with Crippen LogP contribution in [0.4, 0.5) is 0 Å². The van der Waals surface area contributed by atoms with Crippen LogP contribution in [0.2, 0.25) is 5.02 Å². The average Bonchev–Trinajstić information content (AvgIpc) is 2.63. The Kier molecular flexibility index (Phi) is 6.20. The zero-order chi connectivity index (χ0) is 19.4. The first-order chi connectivity index (χ1) is 12.8. The van der Waals surface area contributed by atoms with Gasteiger partial charge in [0.05, 0.1) is 12.6 Å². The van der Waals surface area contributed by atoms with E-state index < -0.39 is 0 Å². The Balaban J connectivity index is 1.73. The molecule has 0 bridgehead atoms. The third-order valence-electron chi connectivity index (χ3n) is 5.38. The van der Waals surface area contributed by atoms with E-state index >= 15 is 0 Å². The standard InChI is InChI=1S/C22H28ClN3O/c1-22(2)15-26(12-11-19(22)24)14-20(27)25-21(16-7-4-3-5-8-16)17-9-6-10-18(23)13-17/h3-10,13,19,21H,11-12,14-15,24H2,1-2H3,(H,25,27). The minimum Gasteiger partial charge on any atom is -0.344 e. The van der Waals surface area contributed by atoms with E-state index in [0.29, 0.717) is 11.6 Å². The van der Waals surface area contributed by atoms with E-state index in [1.54, 1.807) is 0 Å². The van der Waals surface area contributed by atoms with Crippen LogP contribution < -0.4 is 11.1 Å². The number of hydrogen-bond acceptors (Lipinski definition) is 3. The SMILES string of the molecule is CC1(C)CN(CC(=O)NC(c2ccccc2)c2cccc(Cl)c2)CCC1N. The fraction of sp³-hybridized carbons (Fsp3) is 0.409. The van der Waals surface area contributed by atoms with Gasteiger partial charge in [0.25, 0.3) is 0 Å². The molecular formula is C22H28ClN3O. The van der Waals surface area contributed by atoms with Crippen molar-refractivity contribution in [2.75, 3.05) is 19.6 Å². The topological polar surface area (TPSA) is 58.4 Å². The Morgan fingerprint density at radius 2 is 1.93 bits per heavy atom. The Morgan fingerprint density at radius 3 is 2.59 bits per heavy atom. The molecule has 2 aromatic rings. The number of nitrogens with zero attached hydrogens (tertiary/aromatic N) is 1. The van der Waals surface area contributed by atoms with Crippen LogP contribution in [0.1, 0.15) is 37.4 Å². The fourth-order valence-electron chi connectivity index (χ4n) is 3.72. The van der Waals surface area contributed by atoms with Crippen molar-refractivity contribution in [2.24, 2.45) is 11.1 Å². The van der Waals surface area contributed by atoms with Gasteiger partial charge in [0.15, 0.2) is 0 Å². The second-order valence-corrected chi connectivity index (χ2v) is 8.50. The molecule has 0 aromatic heterocycles. The van der Waals surface area contributed by atoms with Crippen molar-refractivity contribution in [1.82, 2.24) is 10.2 Å². The number of carbonyl (C=O) groups is 1. The molecule has 5 heteroatoms.